The normalized spacial score (nSPS) is 11.9. The highest BCUT2D eigenvalue weighted by Gasteiger charge is 2.15. The predicted molar refractivity (Wildman–Crippen MR) is 74.6 cm³/mol. The number of halogens is 1. The Morgan fingerprint density at radius 3 is 2.78 bits per heavy atom. The second kappa shape index (κ2) is 6.61. The van der Waals surface area contributed by atoms with E-state index < -0.39 is 16.8 Å². The summed E-state index contributed by atoms with van der Waals surface area (Å²) in [6.45, 7) is 0.441. The first-order valence-electron chi connectivity index (χ1n) is 5.17. The van der Waals surface area contributed by atoms with Gasteiger partial charge in [-0.1, -0.05) is 11.6 Å². The Balaban J connectivity index is 3.00. The van der Waals surface area contributed by atoms with Gasteiger partial charge < -0.3 is 15.8 Å². The van der Waals surface area contributed by atoms with Crippen LogP contribution in [-0.4, -0.2) is 35.8 Å². The maximum atomic E-state index is 11.6. The number of ether oxygens (including phenoxy) is 1. The number of methoxy groups -OCH3 is 1. The van der Waals surface area contributed by atoms with Crippen molar-refractivity contribution in [3.8, 4) is 0 Å². The van der Waals surface area contributed by atoms with E-state index in [0.717, 1.165) is 0 Å². The number of rotatable bonds is 5. The molecule has 1 rings (SSSR count). The Morgan fingerprint density at radius 2 is 2.22 bits per heavy atom. The van der Waals surface area contributed by atoms with Gasteiger partial charge >= 0.3 is 5.97 Å². The van der Waals surface area contributed by atoms with Crippen LogP contribution in [0.5, 0.6) is 0 Å². The van der Waals surface area contributed by atoms with Crippen molar-refractivity contribution in [2.75, 3.05) is 36.7 Å². The van der Waals surface area contributed by atoms with Gasteiger partial charge in [0.2, 0.25) is 0 Å². The van der Waals surface area contributed by atoms with Crippen molar-refractivity contribution in [1.82, 2.24) is 0 Å². The molecule has 1 aromatic carbocycles. The summed E-state index contributed by atoms with van der Waals surface area (Å²) in [4.78, 5) is 11.6. The van der Waals surface area contributed by atoms with Crippen molar-refractivity contribution >= 4 is 39.7 Å². The topological polar surface area (TPSA) is 81.4 Å². The Hall–Kier alpha value is -1.27. The number of esters is 1. The number of hydrogen-bond donors (Lipinski definition) is 2. The van der Waals surface area contributed by atoms with Crippen molar-refractivity contribution < 1.29 is 13.7 Å². The molecule has 1 atom stereocenters. The maximum absolute atomic E-state index is 11.6. The second-order valence-corrected chi connectivity index (χ2v) is 5.58. The fraction of sp³-hybridized carbons (Fsp3) is 0.364. The van der Waals surface area contributed by atoms with Crippen LogP contribution >= 0.6 is 11.6 Å². The molecule has 0 heterocycles. The van der Waals surface area contributed by atoms with Crippen molar-refractivity contribution in [1.29, 1.82) is 0 Å². The Kier molecular flexibility index (Phi) is 5.43. The molecule has 1 aromatic rings. The average Bonchev–Trinajstić information content (AvgIpc) is 2.30. The summed E-state index contributed by atoms with van der Waals surface area (Å²) in [7, 11) is 0.366. The van der Waals surface area contributed by atoms with E-state index in [2.05, 4.69) is 10.1 Å². The zero-order valence-corrected chi connectivity index (χ0v) is 11.7. The quantitative estimate of drug-likeness (QED) is 0.634. The van der Waals surface area contributed by atoms with Crippen LogP contribution in [0.1, 0.15) is 10.4 Å². The number of nitrogens with two attached hydrogens (primary N) is 1. The largest absolute Gasteiger partial charge is 0.465 e. The van der Waals surface area contributed by atoms with Gasteiger partial charge in [0.15, 0.2) is 0 Å². The number of carbonyl (C=O) groups is 1. The molecule has 1 unspecified atom stereocenters. The van der Waals surface area contributed by atoms with Gasteiger partial charge in [0, 0.05) is 35.0 Å². The predicted octanol–water partition coefficient (Wildman–Crippen LogP) is 1.50. The van der Waals surface area contributed by atoms with Gasteiger partial charge in [-0.25, -0.2) is 4.79 Å². The fourth-order valence-electron chi connectivity index (χ4n) is 1.40. The molecule has 18 heavy (non-hydrogen) atoms. The van der Waals surface area contributed by atoms with Gasteiger partial charge in [0.05, 0.1) is 23.4 Å². The van der Waals surface area contributed by atoms with E-state index >= 15 is 0 Å². The molecule has 3 N–H and O–H groups in total. The van der Waals surface area contributed by atoms with E-state index in [9.17, 15) is 9.00 Å². The lowest BCUT2D eigenvalue weighted by molar-refractivity contribution is 0.0602. The summed E-state index contributed by atoms with van der Waals surface area (Å²) in [6, 6.07) is 3.03. The molecule has 0 bridgehead atoms. The van der Waals surface area contributed by atoms with Crippen molar-refractivity contribution in [2.45, 2.75) is 0 Å². The minimum Gasteiger partial charge on any atom is -0.465 e. The molecule has 0 fully saturated rings. The molecule has 0 saturated carbocycles. The summed E-state index contributed by atoms with van der Waals surface area (Å²) in [5.74, 6) is -0.0641. The van der Waals surface area contributed by atoms with Crippen LogP contribution in [0.25, 0.3) is 0 Å². The van der Waals surface area contributed by atoms with Crippen LogP contribution in [0.15, 0.2) is 12.1 Å². The first-order chi connectivity index (χ1) is 8.45. The molecule has 0 aromatic heterocycles. The molecule has 0 aliphatic heterocycles. The Labute approximate surface area is 113 Å². The van der Waals surface area contributed by atoms with Crippen molar-refractivity contribution in [3.63, 3.8) is 0 Å². The third kappa shape index (κ3) is 3.89. The highest BCUT2D eigenvalue weighted by Crippen LogP contribution is 2.29. The van der Waals surface area contributed by atoms with E-state index in [1.807, 2.05) is 0 Å². The van der Waals surface area contributed by atoms with Crippen LogP contribution in [0.3, 0.4) is 0 Å². The van der Waals surface area contributed by atoms with Crippen LogP contribution < -0.4 is 11.1 Å². The molecule has 100 valence electrons. The van der Waals surface area contributed by atoms with Crippen LogP contribution in [0.2, 0.25) is 5.02 Å². The molecule has 0 spiro atoms. The maximum Gasteiger partial charge on any atom is 0.340 e. The molecule has 0 aliphatic carbocycles. The van der Waals surface area contributed by atoms with Crippen LogP contribution in [0, 0.1) is 0 Å². The number of carbonyl (C=O) groups excluding carboxylic acids is 1. The lowest BCUT2D eigenvalue weighted by Crippen LogP contribution is -2.14. The highest BCUT2D eigenvalue weighted by atomic mass is 35.5. The average molecular weight is 291 g/mol. The van der Waals surface area contributed by atoms with E-state index in [1.54, 1.807) is 12.3 Å². The molecule has 0 saturated heterocycles. The summed E-state index contributed by atoms with van der Waals surface area (Å²) in [5.41, 5.74) is 6.72. The molecular weight excluding hydrogens is 276 g/mol. The fourth-order valence-corrected chi connectivity index (χ4v) is 2.08. The van der Waals surface area contributed by atoms with Gasteiger partial charge in [-0.3, -0.25) is 4.21 Å². The number of nitrogens with one attached hydrogen (secondary N) is 1. The van der Waals surface area contributed by atoms with Crippen molar-refractivity contribution in [2.24, 2.45) is 0 Å². The van der Waals surface area contributed by atoms with Gasteiger partial charge in [-0.05, 0) is 12.1 Å². The van der Waals surface area contributed by atoms with E-state index in [-0.39, 0.29) is 5.56 Å². The van der Waals surface area contributed by atoms with Crippen LogP contribution in [-0.2, 0) is 15.5 Å². The standard InChI is InChI=1S/C11H15ClN2O3S/c1-17-11(15)8-5-7(13)6-9(12)10(8)14-3-4-18(2)16/h5-6,14H,3-4,13H2,1-2H3. The van der Waals surface area contributed by atoms with Gasteiger partial charge in [-0.15, -0.1) is 0 Å². The highest BCUT2D eigenvalue weighted by molar-refractivity contribution is 7.84. The van der Waals surface area contributed by atoms with Gasteiger partial charge in [0.25, 0.3) is 0 Å². The van der Waals surface area contributed by atoms with Crippen molar-refractivity contribution in [3.05, 3.63) is 22.7 Å². The second-order valence-electron chi connectivity index (χ2n) is 3.62. The Bertz CT molecular complexity index is 480. The zero-order chi connectivity index (χ0) is 13.7. The van der Waals surface area contributed by atoms with Gasteiger partial charge in [-0.2, -0.15) is 0 Å². The van der Waals surface area contributed by atoms with Crippen LogP contribution in [0.4, 0.5) is 11.4 Å². The third-order valence-corrected chi connectivity index (χ3v) is 3.29. The molecule has 5 nitrogen and oxygen atoms in total. The Morgan fingerprint density at radius 1 is 1.56 bits per heavy atom. The van der Waals surface area contributed by atoms with E-state index in [0.29, 0.717) is 28.7 Å². The minimum atomic E-state index is -0.916. The minimum absolute atomic E-state index is 0.268. The summed E-state index contributed by atoms with van der Waals surface area (Å²) in [6.07, 6.45) is 1.60. The van der Waals surface area contributed by atoms with Gasteiger partial charge in [0.1, 0.15) is 0 Å². The first-order valence-corrected chi connectivity index (χ1v) is 7.27. The first kappa shape index (κ1) is 14.8. The number of nitrogen functional groups attached to an aromatic ring is 1. The molecule has 0 radical (unpaired) electrons. The summed E-state index contributed by atoms with van der Waals surface area (Å²) < 4.78 is 15.6. The summed E-state index contributed by atoms with van der Waals surface area (Å²) in [5, 5.41) is 3.30. The SMILES string of the molecule is COC(=O)c1cc(N)cc(Cl)c1NCCS(C)=O. The smallest absolute Gasteiger partial charge is 0.340 e. The lowest BCUT2D eigenvalue weighted by atomic mass is 10.1. The molecule has 7 heteroatoms. The summed E-state index contributed by atoms with van der Waals surface area (Å²) >= 11 is 6.02. The third-order valence-electron chi connectivity index (χ3n) is 2.21. The van der Waals surface area contributed by atoms with E-state index in [1.165, 1.54) is 13.2 Å². The molecular formula is C11H15ClN2O3S. The molecule has 0 amide bonds. The monoisotopic (exact) mass is 290 g/mol. The van der Waals surface area contributed by atoms with E-state index in [4.69, 9.17) is 17.3 Å². The number of anilines is 2. The zero-order valence-electron chi connectivity index (χ0n) is 10.2. The number of hydrogen-bond acceptors (Lipinski definition) is 5. The lowest BCUT2D eigenvalue weighted by Gasteiger charge is -2.13. The number of benzene rings is 1. The molecule has 0 aliphatic rings.